The largest absolute Gasteiger partial charge is 0.344 e. The molecule has 0 radical (unpaired) electrons. The van der Waals surface area contributed by atoms with Gasteiger partial charge in [-0.3, -0.25) is 9.35 Å². The van der Waals surface area contributed by atoms with Gasteiger partial charge in [0.2, 0.25) is 0 Å². The summed E-state index contributed by atoms with van der Waals surface area (Å²) >= 11 is 2.80. The van der Waals surface area contributed by atoms with Gasteiger partial charge in [-0.25, -0.2) is 9.97 Å². The number of thiazole rings is 2. The van der Waals surface area contributed by atoms with Gasteiger partial charge in [0, 0.05) is 23.1 Å². The third kappa shape index (κ3) is 5.47. The summed E-state index contributed by atoms with van der Waals surface area (Å²) < 4.78 is 35.2. The van der Waals surface area contributed by atoms with Crippen LogP contribution in [0.1, 0.15) is 21.5 Å². The molecule has 0 saturated carbocycles. The molecule has 0 aliphatic heterocycles. The van der Waals surface area contributed by atoms with Gasteiger partial charge in [-0.15, -0.1) is 22.7 Å². The minimum Gasteiger partial charge on any atom is -0.344 e. The first-order valence-corrected chi connectivity index (χ1v) is 16.2. The van der Waals surface area contributed by atoms with Crippen LogP contribution in [0.5, 0.6) is 0 Å². The summed E-state index contributed by atoms with van der Waals surface area (Å²) in [5.41, 5.74) is 5.32. The van der Waals surface area contributed by atoms with Crippen LogP contribution >= 0.6 is 22.7 Å². The minimum absolute atomic E-state index is 0. The number of ketones is 1. The van der Waals surface area contributed by atoms with Crippen molar-refractivity contribution in [3.63, 3.8) is 0 Å². The number of aromatic nitrogens is 2. The molecule has 214 valence electrons. The molecule has 5 aromatic carbocycles. The molecule has 0 aliphatic rings. The Morgan fingerprint density at radius 3 is 2.21 bits per heavy atom. The fraction of sp³-hybridized carbons (Fsp3) is 0.0606. The van der Waals surface area contributed by atoms with Gasteiger partial charge >= 0.3 is 0 Å². The van der Waals surface area contributed by atoms with Crippen molar-refractivity contribution in [1.29, 1.82) is 0 Å². The van der Waals surface area contributed by atoms with Crippen molar-refractivity contribution in [2.45, 2.75) is 18.2 Å². The summed E-state index contributed by atoms with van der Waals surface area (Å²) in [6.45, 7) is 1.65. The molecule has 10 heteroatoms. The van der Waals surface area contributed by atoms with E-state index < -0.39 is 10.1 Å². The zero-order valence-corrected chi connectivity index (χ0v) is 25.4. The first-order valence-electron chi connectivity index (χ1n) is 13.1. The number of carbonyl (C=O) groups excluding carboxylic acids is 1. The van der Waals surface area contributed by atoms with Crippen LogP contribution in [-0.4, -0.2) is 28.7 Å². The highest BCUT2D eigenvalue weighted by Crippen LogP contribution is 2.38. The number of rotatable bonds is 6. The van der Waals surface area contributed by atoms with Gasteiger partial charge < -0.3 is 6.15 Å². The summed E-state index contributed by atoms with van der Waals surface area (Å²) in [7, 11) is -4.38. The Morgan fingerprint density at radius 2 is 1.44 bits per heavy atom. The van der Waals surface area contributed by atoms with Crippen LogP contribution in [0.3, 0.4) is 0 Å². The van der Waals surface area contributed by atoms with E-state index in [2.05, 4.69) is 4.98 Å². The van der Waals surface area contributed by atoms with Crippen molar-refractivity contribution in [2.75, 3.05) is 0 Å². The fourth-order valence-electron chi connectivity index (χ4n) is 5.11. The Labute approximate surface area is 255 Å². The van der Waals surface area contributed by atoms with Crippen LogP contribution in [0.25, 0.3) is 52.3 Å². The number of Topliss-reactive ketones (excluding diaryl/α,β-unsaturated/α-hetero) is 1. The van der Waals surface area contributed by atoms with E-state index in [1.807, 2.05) is 84.9 Å². The molecule has 7 rings (SSSR count). The second-order valence-electron chi connectivity index (χ2n) is 10.1. The van der Waals surface area contributed by atoms with E-state index in [0.717, 1.165) is 42.7 Å². The lowest BCUT2D eigenvalue weighted by atomic mass is 9.99. The van der Waals surface area contributed by atoms with Crippen molar-refractivity contribution in [3.05, 3.63) is 114 Å². The first-order chi connectivity index (χ1) is 20.2. The van der Waals surface area contributed by atoms with E-state index in [9.17, 15) is 17.8 Å². The number of carbonyl (C=O) groups is 1. The Balaban J connectivity index is 0.00000329. The summed E-state index contributed by atoms with van der Waals surface area (Å²) in [4.78, 5) is 22.3. The second kappa shape index (κ2) is 11.1. The van der Waals surface area contributed by atoms with Gasteiger partial charge in [0.15, 0.2) is 5.78 Å². The van der Waals surface area contributed by atoms with E-state index in [0.29, 0.717) is 32.8 Å². The molecule has 7 nitrogen and oxygen atoms in total. The normalized spacial score (nSPS) is 11.7. The Kier molecular flexibility index (Phi) is 7.41. The molecule has 0 bridgehead atoms. The van der Waals surface area contributed by atoms with Crippen molar-refractivity contribution >= 4 is 69.8 Å². The van der Waals surface area contributed by atoms with Gasteiger partial charge in [0.25, 0.3) is 10.1 Å². The van der Waals surface area contributed by atoms with Gasteiger partial charge in [0.05, 0.1) is 20.4 Å². The van der Waals surface area contributed by atoms with E-state index >= 15 is 0 Å². The highest BCUT2D eigenvalue weighted by atomic mass is 32.2. The maximum Gasteiger partial charge on any atom is 0.296 e. The molecule has 2 aromatic heterocycles. The van der Waals surface area contributed by atoms with Crippen LogP contribution < -0.4 is 6.15 Å². The van der Waals surface area contributed by atoms with Gasteiger partial charge in [-0.1, -0.05) is 66.7 Å². The maximum absolute atomic E-state index is 13.0. The zero-order chi connectivity index (χ0) is 29.0. The lowest BCUT2D eigenvalue weighted by Gasteiger charge is -2.05. The molecule has 7 aromatic rings. The molecule has 0 atom stereocenters. The molecule has 4 N–H and O–H groups in total. The molecule has 0 aliphatic carbocycles. The van der Waals surface area contributed by atoms with Crippen molar-refractivity contribution in [3.8, 4) is 21.1 Å². The zero-order valence-electron chi connectivity index (χ0n) is 22.9. The van der Waals surface area contributed by atoms with E-state index in [-0.39, 0.29) is 16.8 Å². The average molecular weight is 624 g/mol. The molecule has 0 amide bonds. The monoisotopic (exact) mass is 623 g/mol. The third-order valence-corrected chi connectivity index (χ3v) is 10.6. The van der Waals surface area contributed by atoms with Crippen molar-refractivity contribution < 1.29 is 17.8 Å². The highest BCUT2D eigenvalue weighted by Gasteiger charge is 2.21. The second-order valence-corrected chi connectivity index (χ2v) is 13.5. The smallest absolute Gasteiger partial charge is 0.296 e. The van der Waals surface area contributed by atoms with Crippen LogP contribution in [0, 0.1) is 6.92 Å². The SMILES string of the molecule is Cc1ccc2nc(-c3ccc4nc(-c5ccc(CC(=O)c6ccc7ccccc7c6)cc5)sc4c3)sc2c1S(=O)(=O)O.N. The molecular formula is C33H25N3O4S3. The number of hydrogen-bond donors (Lipinski definition) is 2. The van der Waals surface area contributed by atoms with Gasteiger partial charge in [-0.2, -0.15) is 8.42 Å². The van der Waals surface area contributed by atoms with Crippen LogP contribution in [0.2, 0.25) is 0 Å². The van der Waals surface area contributed by atoms with Crippen LogP contribution in [0.15, 0.2) is 102 Å². The Bertz CT molecular complexity index is 2290. The number of aryl methyl sites for hydroxylation is 1. The predicted molar refractivity (Wildman–Crippen MR) is 175 cm³/mol. The topological polar surface area (TPSA) is 132 Å². The van der Waals surface area contributed by atoms with E-state index in [1.54, 1.807) is 30.4 Å². The van der Waals surface area contributed by atoms with Crippen molar-refractivity contribution in [1.82, 2.24) is 16.1 Å². The third-order valence-electron chi connectivity index (χ3n) is 7.24. The predicted octanol–water partition coefficient (Wildman–Crippen LogP) is 8.54. The molecule has 0 unspecified atom stereocenters. The lowest BCUT2D eigenvalue weighted by Crippen LogP contribution is -2.03. The molecule has 43 heavy (non-hydrogen) atoms. The summed E-state index contributed by atoms with van der Waals surface area (Å²) in [5.74, 6) is 0.0785. The standard InChI is InChI=1S/C33H22N2O4S3.H3N/c1-19-6-14-27-30(31(19)42(37,38)39)41-33(35-27)25-13-15-26-29(18-25)40-32(34-26)22-9-7-20(8-10-22)16-28(36)24-12-11-21-4-2-3-5-23(21)17-24;/h2-15,17-18H,16H2,1H3,(H,37,38,39);1H3. The van der Waals surface area contributed by atoms with Crippen molar-refractivity contribution in [2.24, 2.45) is 0 Å². The van der Waals surface area contributed by atoms with Gasteiger partial charge in [0.1, 0.15) is 14.9 Å². The summed E-state index contributed by atoms with van der Waals surface area (Å²) in [6.07, 6.45) is 0.322. The number of nitrogens with zero attached hydrogens (tertiary/aromatic N) is 2. The lowest BCUT2D eigenvalue weighted by molar-refractivity contribution is 0.0993. The Morgan fingerprint density at radius 1 is 0.767 bits per heavy atom. The molecular weight excluding hydrogens is 599 g/mol. The number of benzene rings is 5. The molecule has 2 heterocycles. The van der Waals surface area contributed by atoms with E-state index in [4.69, 9.17) is 4.98 Å². The maximum atomic E-state index is 13.0. The number of fused-ring (bicyclic) bond motifs is 3. The molecule has 0 saturated heterocycles. The van der Waals surface area contributed by atoms with Crippen LogP contribution in [-0.2, 0) is 16.5 Å². The average Bonchev–Trinajstić information content (AvgIpc) is 3.60. The van der Waals surface area contributed by atoms with E-state index in [1.165, 1.54) is 11.3 Å². The summed E-state index contributed by atoms with van der Waals surface area (Å²) in [6, 6.07) is 31.0. The van der Waals surface area contributed by atoms with Gasteiger partial charge in [-0.05, 0) is 59.2 Å². The fourth-order valence-corrected chi connectivity index (χ4v) is 8.43. The van der Waals surface area contributed by atoms with Crippen LogP contribution in [0.4, 0.5) is 0 Å². The molecule has 0 spiro atoms. The highest BCUT2D eigenvalue weighted by molar-refractivity contribution is 7.86. The Hall–Kier alpha value is -4.32. The molecule has 0 fully saturated rings. The first kappa shape index (κ1) is 28.8. The summed E-state index contributed by atoms with van der Waals surface area (Å²) in [5, 5.41) is 3.70. The number of hydrogen-bond acceptors (Lipinski definition) is 8. The minimum atomic E-state index is -4.38. The quantitative estimate of drug-likeness (QED) is 0.140.